The molecule has 1 aliphatic rings. The molecule has 0 bridgehead atoms. The Morgan fingerprint density at radius 3 is 2.68 bits per heavy atom. The quantitative estimate of drug-likeness (QED) is 0.447. The minimum Gasteiger partial charge on any atom is -0.461 e. The predicted octanol–water partition coefficient (Wildman–Crippen LogP) is 3.82. The largest absolute Gasteiger partial charge is 0.461 e. The second-order valence-corrected chi connectivity index (χ2v) is 8.16. The number of aryl methyl sites for hydroxylation is 1. The zero-order chi connectivity index (χ0) is 21.8. The zero-order valence-corrected chi connectivity index (χ0v) is 18.4. The Kier molecular flexibility index (Phi) is 6.36. The summed E-state index contributed by atoms with van der Waals surface area (Å²) in [4.78, 5) is 35.9. The monoisotopic (exact) mass is 436 g/mol. The summed E-state index contributed by atoms with van der Waals surface area (Å²) in [7, 11) is 0. The highest BCUT2D eigenvalue weighted by atomic mass is 32.2. The first-order valence-electron chi connectivity index (χ1n) is 10.2. The van der Waals surface area contributed by atoms with Gasteiger partial charge in [-0.05, 0) is 42.9 Å². The van der Waals surface area contributed by atoms with Gasteiger partial charge in [0.05, 0.1) is 17.5 Å². The number of benzene rings is 1. The van der Waals surface area contributed by atoms with Crippen molar-refractivity contribution in [3.8, 4) is 11.6 Å². The Bertz CT molecular complexity index is 1100. The Hall–Kier alpha value is -3.13. The third-order valence-electron chi connectivity index (χ3n) is 5.31. The van der Waals surface area contributed by atoms with Crippen LogP contribution in [0.5, 0.6) is 0 Å². The van der Waals surface area contributed by atoms with Gasteiger partial charge in [-0.25, -0.2) is 9.97 Å². The van der Waals surface area contributed by atoms with Gasteiger partial charge >= 0.3 is 0 Å². The fourth-order valence-electron chi connectivity index (χ4n) is 3.70. The number of thioether (sulfide) groups is 1. The van der Waals surface area contributed by atoms with Crippen LogP contribution >= 0.6 is 11.8 Å². The van der Waals surface area contributed by atoms with E-state index in [0.717, 1.165) is 24.1 Å². The Balaban J connectivity index is 1.51. The first-order valence-corrected chi connectivity index (χ1v) is 11.4. The zero-order valence-electron chi connectivity index (χ0n) is 17.6. The average molecular weight is 437 g/mol. The molecular weight excluding hydrogens is 412 g/mol. The number of rotatable bonds is 7. The molecule has 160 valence electrons. The molecule has 1 fully saturated rings. The Morgan fingerprint density at radius 2 is 2.00 bits per heavy atom. The summed E-state index contributed by atoms with van der Waals surface area (Å²) >= 11 is 1.40. The van der Waals surface area contributed by atoms with E-state index < -0.39 is 0 Å². The molecule has 1 saturated heterocycles. The van der Waals surface area contributed by atoms with Crippen molar-refractivity contribution >= 4 is 23.6 Å². The molecule has 1 aliphatic heterocycles. The summed E-state index contributed by atoms with van der Waals surface area (Å²) in [6.45, 7) is 3.52. The summed E-state index contributed by atoms with van der Waals surface area (Å²) in [5, 5.41) is 3.61. The lowest BCUT2D eigenvalue weighted by molar-refractivity contribution is -0.128. The molecule has 0 atom stereocenters. The third-order valence-corrected chi connectivity index (χ3v) is 5.99. The normalized spacial score (nSPS) is 13.6. The lowest BCUT2D eigenvalue weighted by Gasteiger charge is -2.18. The molecule has 0 spiro atoms. The molecule has 4 rings (SSSR count). The highest BCUT2D eigenvalue weighted by Gasteiger charge is 2.22. The molecule has 8 heteroatoms. The van der Waals surface area contributed by atoms with Crippen LogP contribution in [0.1, 0.15) is 40.0 Å². The van der Waals surface area contributed by atoms with E-state index in [9.17, 15) is 9.59 Å². The van der Waals surface area contributed by atoms with Crippen molar-refractivity contribution in [2.45, 2.75) is 37.9 Å². The number of amides is 2. The minimum absolute atomic E-state index is 0.188. The van der Waals surface area contributed by atoms with Crippen LogP contribution in [-0.2, 0) is 17.9 Å². The average Bonchev–Trinajstić information content (AvgIpc) is 3.45. The van der Waals surface area contributed by atoms with Gasteiger partial charge in [-0.1, -0.05) is 24.3 Å². The van der Waals surface area contributed by atoms with Gasteiger partial charge in [0.1, 0.15) is 5.03 Å². The van der Waals surface area contributed by atoms with Crippen LogP contribution < -0.4 is 5.32 Å². The van der Waals surface area contributed by atoms with E-state index in [4.69, 9.17) is 4.42 Å². The van der Waals surface area contributed by atoms with Crippen LogP contribution in [0.3, 0.4) is 0 Å². The number of carbonyl (C=O) groups excluding carboxylic acids is 2. The molecule has 0 radical (unpaired) electrons. The summed E-state index contributed by atoms with van der Waals surface area (Å²) in [5.74, 6) is 0.993. The number of nitrogens with zero attached hydrogens (tertiary/aromatic N) is 3. The van der Waals surface area contributed by atoms with Gasteiger partial charge in [0, 0.05) is 26.1 Å². The van der Waals surface area contributed by atoms with Crippen molar-refractivity contribution in [3.63, 3.8) is 0 Å². The molecule has 31 heavy (non-hydrogen) atoms. The topological polar surface area (TPSA) is 88.3 Å². The summed E-state index contributed by atoms with van der Waals surface area (Å²) < 4.78 is 5.39. The van der Waals surface area contributed by atoms with E-state index >= 15 is 0 Å². The molecule has 2 aromatic heterocycles. The highest BCUT2D eigenvalue weighted by Crippen LogP contribution is 2.25. The Labute approximate surface area is 185 Å². The summed E-state index contributed by atoms with van der Waals surface area (Å²) in [5.41, 5.74) is 3.10. The molecule has 7 nitrogen and oxygen atoms in total. The summed E-state index contributed by atoms with van der Waals surface area (Å²) in [6, 6.07) is 11.5. The lowest BCUT2D eigenvalue weighted by atomic mass is 10.1. The van der Waals surface area contributed by atoms with Crippen molar-refractivity contribution in [1.82, 2.24) is 20.2 Å². The predicted molar refractivity (Wildman–Crippen MR) is 119 cm³/mol. The van der Waals surface area contributed by atoms with E-state index in [1.165, 1.54) is 11.8 Å². The van der Waals surface area contributed by atoms with Crippen molar-refractivity contribution < 1.29 is 14.0 Å². The van der Waals surface area contributed by atoms with E-state index in [2.05, 4.69) is 15.3 Å². The minimum atomic E-state index is -0.222. The molecule has 1 N–H and O–H groups in total. The van der Waals surface area contributed by atoms with Crippen molar-refractivity contribution in [2.75, 3.05) is 12.8 Å². The van der Waals surface area contributed by atoms with Gasteiger partial charge in [-0.15, -0.1) is 11.8 Å². The van der Waals surface area contributed by atoms with Crippen LogP contribution in [0.15, 0.2) is 52.1 Å². The van der Waals surface area contributed by atoms with Crippen molar-refractivity contribution in [3.05, 3.63) is 65.0 Å². The van der Waals surface area contributed by atoms with Gasteiger partial charge in [-0.3, -0.25) is 9.59 Å². The lowest BCUT2D eigenvalue weighted by Crippen LogP contribution is -2.27. The standard InChI is InChI=1S/C23H24N4O3S/c1-15-20(23(31-2)26-21(25-15)18-9-6-12-30-18)22(29)24-13-16-7-3-4-8-17(16)14-27-11-5-10-19(27)28/h3-4,6-9,12H,5,10-11,13-14H2,1-2H3,(H,24,29). The summed E-state index contributed by atoms with van der Waals surface area (Å²) in [6.07, 6.45) is 4.97. The second-order valence-electron chi connectivity index (χ2n) is 7.36. The third kappa shape index (κ3) is 4.64. The first kappa shape index (κ1) is 21.1. The molecule has 3 heterocycles. The molecular formula is C23H24N4O3S. The number of likely N-dealkylation sites (tertiary alicyclic amines) is 1. The van der Waals surface area contributed by atoms with E-state index in [1.54, 1.807) is 25.3 Å². The van der Waals surface area contributed by atoms with Crippen LogP contribution in [0, 0.1) is 6.92 Å². The van der Waals surface area contributed by atoms with Crippen molar-refractivity contribution in [2.24, 2.45) is 0 Å². The number of aromatic nitrogens is 2. The van der Waals surface area contributed by atoms with Gasteiger partial charge in [0.25, 0.3) is 5.91 Å². The second kappa shape index (κ2) is 9.34. The SMILES string of the molecule is CSc1nc(-c2ccco2)nc(C)c1C(=O)NCc1ccccc1CN1CCCC1=O. The molecule has 0 unspecified atom stereocenters. The van der Waals surface area contributed by atoms with E-state index in [-0.39, 0.29) is 11.8 Å². The van der Waals surface area contributed by atoms with Crippen LogP contribution in [0.25, 0.3) is 11.6 Å². The molecule has 3 aromatic rings. The highest BCUT2D eigenvalue weighted by molar-refractivity contribution is 7.98. The maximum Gasteiger partial charge on any atom is 0.256 e. The van der Waals surface area contributed by atoms with Crippen LogP contribution in [-0.4, -0.2) is 39.5 Å². The van der Waals surface area contributed by atoms with Crippen molar-refractivity contribution in [1.29, 1.82) is 0 Å². The van der Waals surface area contributed by atoms with E-state index in [1.807, 2.05) is 35.4 Å². The van der Waals surface area contributed by atoms with Gasteiger partial charge in [0.15, 0.2) is 11.6 Å². The van der Waals surface area contributed by atoms with Gasteiger partial charge in [-0.2, -0.15) is 0 Å². The number of nitrogens with one attached hydrogen (secondary N) is 1. The molecule has 1 aromatic carbocycles. The molecule has 0 saturated carbocycles. The Morgan fingerprint density at radius 1 is 1.19 bits per heavy atom. The molecule has 0 aliphatic carbocycles. The first-order chi connectivity index (χ1) is 15.1. The fraction of sp³-hybridized carbons (Fsp3) is 0.304. The van der Waals surface area contributed by atoms with Crippen LogP contribution in [0.4, 0.5) is 0 Å². The maximum atomic E-state index is 13.0. The fourth-order valence-corrected chi connectivity index (χ4v) is 4.32. The molecule has 2 amide bonds. The van der Waals surface area contributed by atoms with E-state index in [0.29, 0.717) is 47.4 Å². The number of furan rings is 1. The number of carbonyl (C=O) groups is 2. The number of hydrogen-bond donors (Lipinski definition) is 1. The number of hydrogen-bond acceptors (Lipinski definition) is 6. The van der Waals surface area contributed by atoms with Gasteiger partial charge < -0.3 is 14.6 Å². The van der Waals surface area contributed by atoms with Crippen LogP contribution in [0.2, 0.25) is 0 Å². The van der Waals surface area contributed by atoms with Gasteiger partial charge in [0.2, 0.25) is 5.91 Å². The smallest absolute Gasteiger partial charge is 0.256 e. The maximum absolute atomic E-state index is 13.0.